The highest BCUT2D eigenvalue weighted by molar-refractivity contribution is 5.91. The van der Waals surface area contributed by atoms with Crippen LogP contribution in [0.5, 0.6) is 5.75 Å². The summed E-state index contributed by atoms with van der Waals surface area (Å²) in [6.45, 7) is 14.8. The zero-order valence-corrected chi connectivity index (χ0v) is 23.4. The first kappa shape index (κ1) is 26.9. The minimum atomic E-state index is -0.122. The molecule has 1 aliphatic heterocycles. The second-order valence-corrected chi connectivity index (χ2v) is 12.1. The molecule has 1 aliphatic rings. The molecule has 196 valence electrons. The minimum absolute atomic E-state index is 0.0142. The number of rotatable bonds is 7. The molecule has 1 heterocycles. The van der Waals surface area contributed by atoms with Gasteiger partial charge in [0.05, 0.1) is 6.61 Å². The Labute approximate surface area is 222 Å². The Hall–Kier alpha value is -3.11. The van der Waals surface area contributed by atoms with Crippen molar-refractivity contribution >= 4 is 11.6 Å². The van der Waals surface area contributed by atoms with Gasteiger partial charge in [0, 0.05) is 36.1 Å². The van der Waals surface area contributed by atoms with Crippen LogP contribution in [0, 0.1) is 19.3 Å². The highest BCUT2D eigenvalue weighted by atomic mass is 16.5. The van der Waals surface area contributed by atoms with Crippen LogP contribution in [0.1, 0.15) is 97.6 Å². The number of aliphatic hydroxyl groups excluding tert-OH is 1. The number of aryl methyl sites for hydroxylation is 2. The Balaban J connectivity index is 1.68. The molecule has 0 fully saturated rings. The monoisotopic (exact) mass is 499 g/mol. The molecule has 0 saturated heterocycles. The summed E-state index contributed by atoms with van der Waals surface area (Å²) in [5.74, 6) is 1.43. The lowest BCUT2D eigenvalue weighted by Gasteiger charge is -2.19. The van der Waals surface area contributed by atoms with E-state index in [0.29, 0.717) is 12.3 Å². The molecule has 4 rings (SSSR count). The van der Waals surface area contributed by atoms with Crippen LogP contribution >= 0.6 is 0 Å². The lowest BCUT2D eigenvalue weighted by molar-refractivity contribution is -0.117. The standard InChI is InChI=1S/C33H41NO3/c1-20(2)24-10-8-23(9-11-24)13-25-14-28(34-31(36)18-33(5,6)7)15-26-17-30(37-32(25)26)29-16-27(19-35)21(3)12-22(29)4/h8-12,14-16,20,30,35H,13,17-19H2,1-7H3,(H,34,36). The molecule has 0 radical (unpaired) electrons. The van der Waals surface area contributed by atoms with Crippen LogP contribution in [0.4, 0.5) is 5.69 Å². The molecule has 3 aromatic carbocycles. The maximum Gasteiger partial charge on any atom is 0.224 e. The van der Waals surface area contributed by atoms with Crippen molar-refractivity contribution in [2.45, 2.75) is 86.4 Å². The molecule has 1 unspecified atom stereocenters. The van der Waals surface area contributed by atoms with Gasteiger partial charge in [-0.25, -0.2) is 0 Å². The summed E-state index contributed by atoms with van der Waals surface area (Å²) < 4.78 is 6.62. The zero-order chi connectivity index (χ0) is 26.9. The number of ether oxygens (including phenoxy) is 1. The number of benzene rings is 3. The van der Waals surface area contributed by atoms with Crippen molar-refractivity contribution in [3.63, 3.8) is 0 Å². The van der Waals surface area contributed by atoms with Crippen molar-refractivity contribution in [3.8, 4) is 5.75 Å². The second-order valence-electron chi connectivity index (χ2n) is 12.1. The number of carbonyl (C=O) groups is 1. The van der Waals surface area contributed by atoms with E-state index in [9.17, 15) is 9.90 Å². The summed E-state index contributed by atoms with van der Waals surface area (Å²) in [4.78, 5) is 12.8. The third-order valence-electron chi connectivity index (χ3n) is 7.17. The summed E-state index contributed by atoms with van der Waals surface area (Å²) in [5.41, 5.74) is 9.76. The Morgan fingerprint density at radius 2 is 1.73 bits per heavy atom. The van der Waals surface area contributed by atoms with Crippen molar-refractivity contribution in [1.82, 2.24) is 0 Å². The van der Waals surface area contributed by atoms with Gasteiger partial charge in [0.1, 0.15) is 11.9 Å². The molecule has 37 heavy (non-hydrogen) atoms. The van der Waals surface area contributed by atoms with E-state index in [2.05, 4.69) is 95.4 Å². The molecule has 0 aromatic heterocycles. The van der Waals surface area contributed by atoms with Gasteiger partial charge in [-0.2, -0.15) is 0 Å². The first-order chi connectivity index (χ1) is 17.4. The normalized spacial score (nSPS) is 15.0. The molecule has 0 aliphatic carbocycles. The fraction of sp³-hybridized carbons (Fsp3) is 0.424. The average molecular weight is 500 g/mol. The van der Waals surface area contributed by atoms with Gasteiger partial charge in [-0.05, 0) is 76.8 Å². The molecule has 4 heteroatoms. The molecule has 0 spiro atoms. The summed E-state index contributed by atoms with van der Waals surface area (Å²) in [6.07, 6.45) is 1.79. The predicted molar refractivity (Wildman–Crippen MR) is 151 cm³/mol. The number of nitrogens with one attached hydrogen (secondary N) is 1. The Kier molecular flexibility index (Phi) is 7.80. The largest absolute Gasteiger partial charge is 0.485 e. The van der Waals surface area contributed by atoms with E-state index in [1.165, 1.54) is 11.1 Å². The first-order valence-electron chi connectivity index (χ1n) is 13.4. The van der Waals surface area contributed by atoms with Gasteiger partial charge < -0.3 is 15.2 Å². The molecule has 0 saturated carbocycles. The number of carbonyl (C=O) groups excluding carboxylic acids is 1. The Morgan fingerprint density at radius 1 is 1.03 bits per heavy atom. The first-order valence-corrected chi connectivity index (χ1v) is 13.4. The van der Waals surface area contributed by atoms with Crippen molar-refractivity contribution < 1.29 is 14.6 Å². The van der Waals surface area contributed by atoms with Crippen LogP contribution in [0.15, 0.2) is 48.5 Å². The highest BCUT2D eigenvalue weighted by Crippen LogP contribution is 2.43. The lowest BCUT2D eigenvalue weighted by atomic mass is 9.91. The molecular formula is C33H41NO3. The molecule has 1 amide bonds. The SMILES string of the molecule is Cc1cc(C)c(C2Cc3cc(NC(=O)CC(C)(C)C)cc(Cc4ccc(C(C)C)cc4)c3O2)cc1CO. The van der Waals surface area contributed by atoms with Crippen LogP contribution in [0.25, 0.3) is 0 Å². The lowest BCUT2D eigenvalue weighted by Crippen LogP contribution is -2.19. The van der Waals surface area contributed by atoms with Gasteiger partial charge in [-0.15, -0.1) is 0 Å². The Bertz CT molecular complexity index is 1280. The average Bonchev–Trinajstić information content (AvgIpc) is 3.22. The molecular weight excluding hydrogens is 458 g/mol. The number of hydrogen-bond donors (Lipinski definition) is 2. The maximum absolute atomic E-state index is 12.8. The Morgan fingerprint density at radius 3 is 2.35 bits per heavy atom. The van der Waals surface area contributed by atoms with E-state index in [-0.39, 0.29) is 24.0 Å². The van der Waals surface area contributed by atoms with Gasteiger partial charge in [0.15, 0.2) is 0 Å². The second kappa shape index (κ2) is 10.7. The fourth-order valence-corrected chi connectivity index (χ4v) is 5.18. The van der Waals surface area contributed by atoms with Crippen molar-refractivity contribution in [2.75, 3.05) is 5.32 Å². The van der Waals surface area contributed by atoms with E-state index < -0.39 is 0 Å². The van der Waals surface area contributed by atoms with Crippen LogP contribution in [0.3, 0.4) is 0 Å². The van der Waals surface area contributed by atoms with E-state index in [1.807, 2.05) is 6.92 Å². The van der Waals surface area contributed by atoms with E-state index in [0.717, 1.165) is 57.7 Å². The fourth-order valence-electron chi connectivity index (χ4n) is 5.18. The highest BCUT2D eigenvalue weighted by Gasteiger charge is 2.29. The molecule has 4 nitrogen and oxygen atoms in total. The number of amides is 1. The quantitative estimate of drug-likeness (QED) is 0.353. The van der Waals surface area contributed by atoms with Crippen LogP contribution in [-0.2, 0) is 24.2 Å². The topological polar surface area (TPSA) is 58.6 Å². The van der Waals surface area contributed by atoms with Gasteiger partial charge in [-0.3, -0.25) is 4.79 Å². The number of fused-ring (bicyclic) bond motifs is 1. The summed E-state index contributed by atoms with van der Waals surface area (Å²) in [5, 5.41) is 13.0. The van der Waals surface area contributed by atoms with E-state index in [4.69, 9.17) is 4.74 Å². The molecule has 0 bridgehead atoms. The third kappa shape index (κ3) is 6.42. The predicted octanol–water partition coefficient (Wildman–Crippen LogP) is 7.56. The van der Waals surface area contributed by atoms with Gasteiger partial charge >= 0.3 is 0 Å². The zero-order valence-electron chi connectivity index (χ0n) is 23.4. The van der Waals surface area contributed by atoms with Crippen LogP contribution in [0.2, 0.25) is 0 Å². The van der Waals surface area contributed by atoms with Gasteiger partial charge in [0.2, 0.25) is 5.91 Å². The molecule has 1 atom stereocenters. The summed E-state index contributed by atoms with van der Waals surface area (Å²) >= 11 is 0. The van der Waals surface area contributed by atoms with E-state index >= 15 is 0 Å². The number of aliphatic hydroxyl groups is 1. The third-order valence-corrected chi connectivity index (χ3v) is 7.17. The molecule has 2 N–H and O–H groups in total. The summed E-state index contributed by atoms with van der Waals surface area (Å²) in [6, 6.07) is 17.1. The van der Waals surface area contributed by atoms with E-state index in [1.54, 1.807) is 0 Å². The minimum Gasteiger partial charge on any atom is -0.485 e. The number of hydrogen-bond acceptors (Lipinski definition) is 3. The van der Waals surface area contributed by atoms with Crippen molar-refractivity contribution in [2.24, 2.45) is 5.41 Å². The van der Waals surface area contributed by atoms with Gasteiger partial charge in [0.25, 0.3) is 0 Å². The summed E-state index contributed by atoms with van der Waals surface area (Å²) in [7, 11) is 0. The van der Waals surface area contributed by atoms with Crippen molar-refractivity contribution in [1.29, 1.82) is 0 Å². The van der Waals surface area contributed by atoms with Gasteiger partial charge in [-0.1, -0.05) is 65.0 Å². The van der Waals surface area contributed by atoms with Crippen molar-refractivity contribution in [3.05, 3.63) is 93.0 Å². The smallest absolute Gasteiger partial charge is 0.224 e. The van der Waals surface area contributed by atoms with Crippen LogP contribution in [-0.4, -0.2) is 11.0 Å². The molecule has 3 aromatic rings. The van der Waals surface area contributed by atoms with Crippen LogP contribution < -0.4 is 10.1 Å². The maximum atomic E-state index is 12.8. The number of anilines is 1.